The van der Waals surface area contributed by atoms with Crippen molar-refractivity contribution in [2.75, 3.05) is 20.2 Å². The number of methoxy groups -OCH3 is 1. The van der Waals surface area contributed by atoms with Crippen molar-refractivity contribution in [1.82, 2.24) is 4.90 Å². The number of likely N-dealkylation sites (tertiary alicyclic amines) is 1. The summed E-state index contributed by atoms with van der Waals surface area (Å²) in [5.74, 6) is 1.21. The number of hydrogen-bond acceptors (Lipinski definition) is 4. The summed E-state index contributed by atoms with van der Waals surface area (Å²) in [6, 6.07) is 10.6. The van der Waals surface area contributed by atoms with E-state index in [9.17, 15) is 4.79 Å². The van der Waals surface area contributed by atoms with Crippen LogP contribution in [0.5, 0.6) is 0 Å². The van der Waals surface area contributed by atoms with Crippen LogP contribution in [0.3, 0.4) is 0 Å². The predicted octanol–water partition coefficient (Wildman–Crippen LogP) is 3.07. The van der Waals surface area contributed by atoms with Crippen LogP contribution < -0.4 is 0 Å². The molecule has 2 aliphatic rings. The number of carbonyl (C=O) groups excluding carboxylic acids is 1. The Balaban J connectivity index is 1.67. The number of rotatable bonds is 4. The topological polar surface area (TPSA) is 29.5 Å². The second kappa shape index (κ2) is 6.24. The highest BCUT2D eigenvalue weighted by Gasteiger charge is 2.38. The smallest absolute Gasteiger partial charge is 0.211 e. The standard InChI is InChI=1S/C17H21NO2S/c1-12-15(19)16(20-2)17(21-12)14-8-9-18(11-14)10-13-6-4-3-5-7-13/h3-7,12,14H,8-11H2,1-2H3. The first-order valence-electron chi connectivity index (χ1n) is 7.44. The zero-order valence-corrected chi connectivity index (χ0v) is 13.4. The van der Waals surface area contributed by atoms with Crippen LogP contribution in [0.25, 0.3) is 0 Å². The quantitative estimate of drug-likeness (QED) is 0.855. The Morgan fingerprint density at radius 2 is 2.10 bits per heavy atom. The molecule has 0 saturated carbocycles. The molecule has 1 fully saturated rings. The van der Waals surface area contributed by atoms with Gasteiger partial charge in [-0.25, -0.2) is 0 Å². The zero-order valence-electron chi connectivity index (χ0n) is 12.5. The molecule has 2 aliphatic heterocycles. The molecule has 21 heavy (non-hydrogen) atoms. The van der Waals surface area contributed by atoms with Gasteiger partial charge < -0.3 is 4.74 Å². The Kier molecular flexibility index (Phi) is 4.36. The number of nitrogens with zero attached hydrogens (tertiary/aromatic N) is 1. The van der Waals surface area contributed by atoms with E-state index in [0.717, 1.165) is 26.1 Å². The summed E-state index contributed by atoms with van der Waals surface area (Å²) in [7, 11) is 1.61. The first kappa shape index (κ1) is 14.7. The van der Waals surface area contributed by atoms with Crippen LogP contribution in [0, 0.1) is 5.92 Å². The molecular weight excluding hydrogens is 282 g/mol. The van der Waals surface area contributed by atoms with E-state index in [-0.39, 0.29) is 11.0 Å². The van der Waals surface area contributed by atoms with Crippen LogP contribution in [0.2, 0.25) is 0 Å². The summed E-state index contributed by atoms with van der Waals surface area (Å²) in [5.41, 5.74) is 1.35. The van der Waals surface area contributed by atoms with E-state index < -0.39 is 0 Å². The lowest BCUT2D eigenvalue weighted by Gasteiger charge is -2.17. The molecular formula is C17H21NO2S. The highest BCUT2D eigenvalue weighted by molar-refractivity contribution is 8.04. The van der Waals surface area contributed by atoms with Crippen molar-refractivity contribution >= 4 is 17.5 Å². The predicted molar refractivity (Wildman–Crippen MR) is 85.9 cm³/mol. The third kappa shape index (κ3) is 3.01. The van der Waals surface area contributed by atoms with Crippen molar-refractivity contribution in [2.24, 2.45) is 5.92 Å². The van der Waals surface area contributed by atoms with Gasteiger partial charge in [0.15, 0.2) is 5.76 Å². The summed E-state index contributed by atoms with van der Waals surface area (Å²) in [5, 5.41) is 0.0122. The lowest BCUT2D eigenvalue weighted by Crippen LogP contribution is -2.20. The van der Waals surface area contributed by atoms with E-state index in [4.69, 9.17) is 4.74 Å². The van der Waals surface area contributed by atoms with Crippen molar-refractivity contribution in [3.05, 3.63) is 46.6 Å². The molecule has 3 rings (SSSR count). The minimum atomic E-state index is 0.0122. The number of ether oxygens (including phenoxy) is 1. The van der Waals surface area contributed by atoms with Gasteiger partial charge in [-0.05, 0) is 25.5 Å². The molecule has 112 valence electrons. The molecule has 3 nitrogen and oxygen atoms in total. The third-order valence-corrected chi connectivity index (χ3v) is 5.56. The molecule has 0 aromatic heterocycles. The SMILES string of the molecule is COC1=C(C2CCN(Cc3ccccc3)C2)SC(C)C1=O. The van der Waals surface area contributed by atoms with Gasteiger partial charge >= 0.3 is 0 Å². The molecule has 1 saturated heterocycles. The van der Waals surface area contributed by atoms with Gasteiger partial charge in [0.2, 0.25) is 5.78 Å². The van der Waals surface area contributed by atoms with Gasteiger partial charge in [0.05, 0.1) is 12.4 Å². The normalized spacial score (nSPS) is 26.7. The fraction of sp³-hybridized carbons (Fsp3) is 0.471. The molecule has 1 aromatic rings. The summed E-state index contributed by atoms with van der Waals surface area (Å²) >= 11 is 1.69. The number of hydrogen-bond donors (Lipinski definition) is 0. The van der Waals surface area contributed by atoms with Gasteiger partial charge in [0, 0.05) is 23.9 Å². The van der Waals surface area contributed by atoms with Crippen LogP contribution in [0.4, 0.5) is 0 Å². The highest BCUT2D eigenvalue weighted by Crippen LogP contribution is 2.43. The van der Waals surface area contributed by atoms with Crippen LogP contribution >= 0.6 is 11.8 Å². The number of Topliss-reactive ketones (excluding diaryl/α,β-unsaturated/α-hetero) is 1. The average Bonchev–Trinajstić information content (AvgIpc) is 3.06. The summed E-state index contributed by atoms with van der Waals surface area (Å²) < 4.78 is 5.36. The fourth-order valence-electron chi connectivity index (χ4n) is 3.12. The Morgan fingerprint density at radius 1 is 1.33 bits per heavy atom. The van der Waals surface area contributed by atoms with Crippen molar-refractivity contribution in [2.45, 2.75) is 25.1 Å². The summed E-state index contributed by atoms with van der Waals surface area (Å²) in [6.45, 7) is 5.06. The Labute approximate surface area is 130 Å². The molecule has 4 heteroatoms. The van der Waals surface area contributed by atoms with Crippen molar-refractivity contribution in [3.8, 4) is 0 Å². The minimum absolute atomic E-state index is 0.0122. The molecule has 0 amide bonds. The summed E-state index contributed by atoms with van der Waals surface area (Å²) in [4.78, 5) is 15.7. The second-order valence-electron chi connectivity index (χ2n) is 5.73. The Bertz CT molecular complexity index is 555. The molecule has 0 aliphatic carbocycles. The average molecular weight is 303 g/mol. The molecule has 2 atom stereocenters. The maximum Gasteiger partial charge on any atom is 0.211 e. The molecule has 0 spiro atoms. The van der Waals surface area contributed by atoms with Crippen molar-refractivity contribution in [1.29, 1.82) is 0 Å². The van der Waals surface area contributed by atoms with Gasteiger partial charge in [-0.15, -0.1) is 11.8 Å². The molecule has 2 heterocycles. The van der Waals surface area contributed by atoms with Crippen LogP contribution in [0.1, 0.15) is 18.9 Å². The number of thioether (sulfide) groups is 1. The second-order valence-corrected chi connectivity index (χ2v) is 7.11. The van der Waals surface area contributed by atoms with E-state index in [1.165, 1.54) is 10.5 Å². The van der Waals surface area contributed by atoms with E-state index >= 15 is 0 Å². The Morgan fingerprint density at radius 3 is 2.81 bits per heavy atom. The first-order valence-corrected chi connectivity index (χ1v) is 8.32. The number of carbonyl (C=O) groups is 1. The number of ketones is 1. The third-order valence-electron chi connectivity index (χ3n) is 4.22. The van der Waals surface area contributed by atoms with Crippen LogP contribution in [-0.4, -0.2) is 36.1 Å². The first-order chi connectivity index (χ1) is 10.2. The van der Waals surface area contributed by atoms with Crippen molar-refractivity contribution < 1.29 is 9.53 Å². The molecule has 0 radical (unpaired) electrons. The van der Waals surface area contributed by atoms with Gasteiger partial charge in [-0.3, -0.25) is 9.69 Å². The van der Waals surface area contributed by atoms with Crippen LogP contribution in [-0.2, 0) is 16.1 Å². The molecule has 0 N–H and O–H groups in total. The van der Waals surface area contributed by atoms with E-state index in [1.54, 1.807) is 18.9 Å². The fourth-order valence-corrected chi connectivity index (χ4v) is 4.39. The zero-order chi connectivity index (χ0) is 14.8. The molecule has 1 aromatic carbocycles. The van der Waals surface area contributed by atoms with Crippen LogP contribution in [0.15, 0.2) is 41.0 Å². The lowest BCUT2D eigenvalue weighted by atomic mass is 10.1. The van der Waals surface area contributed by atoms with Gasteiger partial charge in [-0.2, -0.15) is 0 Å². The number of allylic oxidation sites excluding steroid dienone is 1. The van der Waals surface area contributed by atoms with E-state index in [1.807, 2.05) is 13.0 Å². The maximum absolute atomic E-state index is 12.1. The van der Waals surface area contributed by atoms with Crippen molar-refractivity contribution in [3.63, 3.8) is 0 Å². The lowest BCUT2D eigenvalue weighted by molar-refractivity contribution is -0.117. The maximum atomic E-state index is 12.1. The molecule has 0 bridgehead atoms. The monoisotopic (exact) mass is 303 g/mol. The van der Waals surface area contributed by atoms with Gasteiger partial charge in [0.25, 0.3) is 0 Å². The summed E-state index contributed by atoms with van der Waals surface area (Å²) in [6.07, 6.45) is 1.11. The minimum Gasteiger partial charge on any atom is -0.492 e. The van der Waals surface area contributed by atoms with Gasteiger partial charge in [-0.1, -0.05) is 30.3 Å². The van der Waals surface area contributed by atoms with Gasteiger partial charge in [0.1, 0.15) is 0 Å². The highest BCUT2D eigenvalue weighted by atomic mass is 32.2. The number of benzene rings is 1. The van der Waals surface area contributed by atoms with E-state index in [0.29, 0.717) is 11.7 Å². The molecule has 2 unspecified atom stereocenters. The Hall–Kier alpha value is -1.26. The van der Waals surface area contributed by atoms with E-state index in [2.05, 4.69) is 29.2 Å². The largest absolute Gasteiger partial charge is 0.492 e.